The zero-order valence-corrected chi connectivity index (χ0v) is 20.5. The summed E-state index contributed by atoms with van der Waals surface area (Å²) in [4.78, 5) is 55.0. The van der Waals surface area contributed by atoms with Gasteiger partial charge in [-0.2, -0.15) is 0 Å². The van der Waals surface area contributed by atoms with Crippen molar-refractivity contribution in [2.24, 2.45) is 0 Å². The van der Waals surface area contributed by atoms with E-state index in [0.29, 0.717) is 16.8 Å². The molecule has 1 fully saturated rings. The van der Waals surface area contributed by atoms with E-state index in [1.54, 1.807) is 42.5 Å². The SMILES string of the molecule is COc1ccc(/C=C2\C(=O)N(c3cccc(C)c3)C(=O)N(c3cccc4ccccc34)C2=O)cc1C(=O)O. The van der Waals surface area contributed by atoms with Crippen molar-refractivity contribution in [1.82, 2.24) is 0 Å². The Labute approximate surface area is 218 Å². The molecule has 38 heavy (non-hydrogen) atoms. The molecule has 0 radical (unpaired) electrons. The van der Waals surface area contributed by atoms with Crippen LogP contribution in [0, 0.1) is 6.92 Å². The molecule has 4 amide bonds. The van der Waals surface area contributed by atoms with Crippen LogP contribution in [0.3, 0.4) is 0 Å². The van der Waals surface area contributed by atoms with E-state index < -0.39 is 23.8 Å². The van der Waals surface area contributed by atoms with Crippen molar-refractivity contribution in [1.29, 1.82) is 0 Å². The summed E-state index contributed by atoms with van der Waals surface area (Å²) < 4.78 is 5.11. The summed E-state index contributed by atoms with van der Waals surface area (Å²) >= 11 is 0. The molecule has 0 unspecified atom stereocenters. The van der Waals surface area contributed by atoms with Crippen LogP contribution in [-0.4, -0.2) is 36.0 Å². The molecule has 1 N–H and O–H groups in total. The van der Waals surface area contributed by atoms with E-state index in [9.17, 15) is 24.3 Å². The average Bonchev–Trinajstić information content (AvgIpc) is 2.91. The first-order valence-electron chi connectivity index (χ1n) is 11.7. The fourth-order valence-electron chi connectivity index (χ4n) is 4.49. The van der Waals surface area contributed by atoms with Crippen molar-refractivity contribution in [2.45, 2.75) is 6.92 Å². The topological polar surface area (TPSA) is 104 Å². The summed E-state index contributed by atoms with van der Waals surface area (Å²) in [5.41, 5.74) is 1.33. The number of rotatable bonds is 5. The number of fused-ring (bicyclic) bond motifs is 1. The van der Waals surface area contributed by atoms with Crippen molar-refractivity contribution in [3.8, 4) is 5.75 Å². The molecule has 0 aromatic heterocycles. The number of hydrogen-bond donors (Lipinski definition) is 1. The van der Waals surface area contributed by atoms with Crippen LogP contribution in [-0.2, 0) is 9.59 Å². The summed E-state index contributed by atoms with van der Waals surface area (Å²) in [6.45, 7) is 1.83. The number of methoxy groups -OCH3 is 1. The van der Waals surface area contributed by atoms with E-state index in [-0.39, 0.29) is 22.4 Å². The number of anilines is 2. The third-order valence-electron chi connectivity index (χ3n) is 6.28. The van der Waals surface area contributed by atoms with Gasteiger partial charge in [0.15, 0.2) is 0 Å². The summed E-state index contributed by atoms with van der Waals surface area (Å²) in [7, 11) is 1.35. The number of benzene rings is 4. The lowest BCUT2D eigenvalue weighted by Crippen LogP contribution is -2.57. The van der Waals surface area contributed by atoms with Gasteiger partial charge >= 0.3 is 12.0 Å². The second kappa shape index (κ2) is 9.67. The van der Waals surface area contributed by atoms with Gasteiger partial charge in [0.05, 0.1) is 18.5 Å². The predicted molar refractivity (Wildman–Crippen MR) is 143 cm³/mol. The van der Waals surface area contributed by atoms with E-state index in [0.717, 1.165) is 20.7 Å². The monoisotopic (exact) mass is 506 g/mol. The number of nitrogens with zero attached hydrogens (tertiary/aromatic N) is 2. The minimum Gasteiger partial charge on any atom is -0.496 e. The number of carboxylic acids is 1. The van der Waals surface area contributed by atoms with Gasteiger partial charge in [-0.1, -0.05) is 54.6 Å². The van der Waals surface area contributed by atoms with Crippen LogP contribution in [0.15, 0.2) is 90.5 Å². The average molecular weight is 507 g/mol. The van der Waals surface area contributed by atoms with Crippen LogP contribution in [0.25, 0.3) is 16.8 Å². The zero-order valence-electron chi connectivity index (χ0n) is 20.5. The Kier molecular flexibility index (Phi) is 6.22. The quantitative estimate of drug-likeness (QED) is 0.286. The third-order valence-corrected chi connectivity index (χ3v) is 6.28. The Bertz CT molecular complexity index is 1670. The van der Waals surface area contributed by atoms with Crippen molar-refractivity contribution < 1.29 is 29.0 Å². The molecule has 0 saturated carbocycles. The standard InChI is InChI=1S/C30H22N2O6/c1-18-7-5-10-21(15-18)31-27(33)24(17-19-13-14-26(38-2)23(16-19)29(35)36)28(34)32(30(31)37)25-12-6-9-20-8-3-4-11-22(20)25/h3-17H,1-2H3,(H,35,36)/b24-17+. The number of imide groups is 2. The molecule has 4 aromatic carbocycles. The van der Waals surface area contributed by atoms with Gasteiger partial charge in [-0.15, -0.1) is 0 Å². The van der Waals surface area contributed by atoms with Gasteiger partial charge in [-0.25, -0.2) is 19.4 Å². The molecule has 5 rings (SSSR count). The largest absolute Gasteiger partial charge is 0.496 e. The van der Waals surface area contributed by atoms with Gasteiger partial charge in [0.25, 0.3) is 11.8 Å². The Hall–Kier alpha value is -5.24. The summed E-state index contributed by atoms with van der Waals surface area (Å²) in [6, 6.07) is 22.9. The smallest absolute Gasteiger partial charge is 0.343 e. The van der Waals surface area contributed by atoms with Gasteiger partial charge in [-0.3, -0.25) is 9.59 Å². The van der Waals surface area contributed by atoms with Gasteiger partial charge in [0.2, 0.25) is 0 Å². The van der Waals surface area contributed by atoms with Crippen LogP contribution in [0.1, 0.15) is 21.5 Å². The molecule has 8 heteroatoms. The van der Waals surface area contributed by atoms with Crippen molar-refractivity contribution >= 4 is 52.0 Å². The number of carbonyl (C=O) groups is 4. The Morgan fingerprint density at radius 1 is 0.842 bits per heavy atom. The van der Waals surface area contributed by atoms with Crippen LogP contribution >= 0.6 is 0 Å². The van der Waals surface area contributed by atoms with Crippen LogP contribution < -0.4 is 14.5 Å². The summed E-state index contributed by atoms with van der Waals surface area (Å²) in [5.74, 6) is -2.71. The van der Waals surface area contributed by atoms with E-state index >= 15 is 0 Å². The molecular formula is C30H22N2O6. The molecule has 0 bridgehead atoms. The number of hydrogen-bond acceptors (Lipinski definition) is 5. The molecule has 1 heterocycles. The van der Waals surface area contributed by atoms with Crippen molar-refractivity contribution in [3.63, 3.8) is 0 Å². The fourth-order valence-corrected chi connectivity index (χ4v) is 4.49. The maximum absolute atomic E-state index is 13.8. The van der Waals surface area contributed by atoms with Crippen LogP contribution in [0.2, 0.25) is 0 Å². The maximum Gasteiger partial charge on any atom is 0.343 e. The lowest BCUT2D eigenvalue weighted by molar-refractivity contribution is -0.121. The molecule has 1 aliphatic rings. The van der Waals surface area contributed by atoms with Gasteiger partial charge in [-0.05, 0) is 59.8 Å². The van der Waals surface area contributed by atoms with E-state index in [1.165, 1.54) is 31.4 Å². The molecule has 1 aliphatic heterocycles. The second-order valence-corrected chi connectivity index (χ2v) is 8.72. The Morgan fingerprint density at radius 2 is 1.55 bits per heavy atom. The lowest BCUT2D eigenvalue weighted by Gasteiger charge is -2.34. The molecule has 0 aliphatic carbocycles. The first kappa shape index (κ1) is 24.5. The minimum absolute atomic E-state index is 0.130. The molecule has 0 spiro atoms. The normalized spacial score (nSPS) is 14.9. The van der Waals surface area contributed by atoms with E-state index in [4.69, 9.17) is 4.74 Å². The second-order valence-electron chi connectivity index (χ2n) is 8.72. The van der Waals surface area contributed by atoms with Crippen LogP contribution in [0.4, 0.5) is 16.2 Å². The highest BCUT2D eigenvalue weighted by atomic mass is 16.5. The third kappa shape index (κ3) is 4.18. The first-order chi connectivity index (χ1) is 18.3. The highest BCUT2D eigenvalue weighted by Crippen LogP contribution is 2.34. The number of urea groups is 1. The zero-order chi connectivity index (χ0) is 27.0. The number of carbonyl (C=O) groups excluding carboxylic acids is 3. The lowest BCUT2D eigenvalue weighted by atomic mass is 10.0. The molecular weight excluding hydrogens is 484 g/mol. The summed E-state index contributed by atoms with van der Waals surface area (Å²) in [5, 5.41) is 11.1. The number of ether oxygens (including phenoxy) is 1. The van der Waals surface area contributed by atoms with E-state index in [1.807, 2.05) is 31.2 Å². The number of carboxylic acid groups (broad SMARTS) is 1. The number of barbiturate groups is 1. The van der Waals surface area contributed by atoms with Crippen molar-refractivity contribution in [3.05, 3.63) is 107 Å². The van der Waals surface area contributed by atoms with Gasteiger partial charge in [0, 0.05) is 5.39 Å². The number of aryl methyl sites for hydroxylation is 1. The fraction of sp³-hybridized carbons (Fsp3) is 0.0667. The van der Waals surface area contributed by atoms with Gasteiger partial charge < -0.3 is 9.84 Å². The van der Waals surface area contributed by atoms with Crippen LogP contribution in [0.5, 0.6) is 5.75 Å². The minimum atomic E-state index is -1.22. The van der Waals surface area contributed by atoms with E-state index in [2.05, 4.69) is 0 Å². The Morgan fingerprint density at radius 3 is 2.29 bits per heavy atom. The van der Waals surface area contributed by atoms with Gasteiger partial charge in [0.1, 0.15) is 16.9 Å². The molecule has 4 aromatic rings. The predicted octanol–water partition coefficient (Wildman–Crippen LogP) is 5.44. The number of aromatic carboxylic acids is 1. The highest BCUT2D eigenvalue weighted by Gasteiger charge is 2.44. The van der Waals surface area contributed by atoms with Crippen molar-refractivity contribution in [2.75, 3.05) is 16.9 Å². The molecule has 188 valence electrons. The number of amides is 4. The molecule has 1 saturated heterocycles. The highest BCUT2D eigenvalue weighted by molar-refractivity contribution is 6.46. The molecule has 8 nitrogen and oxygen atoms in total. The Balaban J connectivity index is 1.72. The molecule has 0 atom stereocenters. The first-order valence-corrected chi connectivity index (χ1v) is 11.7. The summed E-state index contributed by atoms with van der Waals surface area (Å²) in [6.07, 6.45) is 1.30. The maximum atomic E-state index is 13.8.